The number of rotatable bonds is 11. The van der Waals surface area contributed by atoms with Crippen LogP contribution in [-0.2, 0) is 5.11 Å². The van der Waals surface area contributed by atoms with E-state index >= 15 is 0 Å². The normalized spacial score (nSPS) is 15.2. The third-order valence-electron chi connectivity index (χ3n) is 3.71. The number of hydrogen-bond acceptors (Lipinski definition) is 0. The highest BCUT2D eigenvalue weighted by Crippen LogP contribution is 2.20. The van der Waals surface area contributed by atoms with E-state index in [0.717, 1.165) is 30.6 Å². The molecule has 2 atom stereocenters. The first-order valence-electron chi connectivity index (χ1n) is 7.64. The fraction of sp³-hybridized carbons (Fsp3) is 1.00. The summed E-state index contributed by atoms with van der Waals surface area (Å²) in [6.07, 6.45) is 10.2. The smallest absolute Gasteiger partial charge is 0.0822 e. The third-order valence-corrected chi connectivity index (χ3v) is 3.71. The van der Waals surface area contributed by atoms with Crippen LogP contribution in [0.2, 0.25) is 0 Å². The maximum Gasteiger partial charge on any atom is 0.0822 e. The van der Waals surface area contributed by atoms with E-state index in [1.165, 1.54) is 38.5 Å². The SMILES string of the molecule is CC(C)CCCC(C)CCCC(C)CCC[O]. The van der Waals surface area contributed by atoms with Crippen LogP contribution in [-0.4, -0.2) is 6.61 Å². The van der Waals surface area contributed by atoms with Gasteiger partial charge in [0.25, 0.3) is 0 Å². The van der Waals surface area contributed by atoms with Crippen molar-refractivity contribution in [1.82, 2.24) is 0 Å². The largest absolute Gasteiger partial charge is 0.237 e. The summed E-state index contributed by atoms with van der Waals surface area (Å²) in [4.78, 5) is 0. The Balaban J connectivity index is 3.34. The topological polar surface area (TPSA) is 19.9 Å². The summed E-state index contributed by atoms with van der Waals surface area (Å²) in [6, 6.07) is 0. The molecule has 0 aromatic heterocycles. The van der Waals surface area contributed by atoms with Gasteiger partial charge < -0.3 is 0 Å². The Hall–Kier alpha value is -0.0400. The van der Waals surface area contributed by atoms with E-state index in [-0.39, 0.29) is 6.61 Å². The molecule has 0 spiro atoms. The fourth-order valence-electron chi connectivity index (χ4n) is 2.41. The average molecular weight is 241 g/mol. The summed E-state index contributed by atoms with van der Waals surface area (Å²) in [5, 5.41) is 10.4. The van der Waals surface area contributed by atoms with Crippen molar-refractivity contribution in [1.29, 1.82) is 0 Å². The van der Waals surface area contributed by atoms with E-state index in [0.29, 0.717) is 0 Å². The lowest BCUT2D eigenvalue weighted by Gasteiger charge is -2.14. The van der Waals surface area contributed by atoms with E-state index < -0.39 is 0 Å². The maximum absolute atomic E-state index is 10.4. The second-order valence-corrected chi connectivity index (χ2v) is 6.31. The molecule has 0 aromatic rings. The summed E-state index contributed by atoms with van der Waals surface area (Å²) in [5.41, 5.74) is 0. The zero-order chi connectivity index (χ0) is 13.1. The quantitative estimate of drug-likeness (QED) is 0.457. The van der Waals surface area contributed by atoms with Crippen molar-refractivity contribution < 1.29 is 5.11 Å². The molecule has 0 amide bonds. The van der Waals surface area contributed by atoms with Gasteiger partial charge in [-0.15, -0.1) is 0 Å². The van der Waals surface area contributed by atoms with Crippen LogP contribution < -0.4 is 0 Å². The molecule has 0 N–H and O–H groups in total. The minimum absolute atomic E-state index is 0.107. The molecule has 0 heterocycles. The molecular formula is C16H33O. The Morgan fingerprint density at radius 3 is 1.47 bits per heavy atom. The van der Waals surface area contributed by atoms with Gasteiger partial charge in [-0.1, -0.05) is 66.2 Å². The second kappa shape index (κ2) is 11.1. The predicted molar refractivity (Wildman–Crippen MR) is 75.7 cm³/mol. The molecule has 0 saturated heterocycles. The molecule has 1 heteroatoms. The summed E-state index contributed by atoms with van der Waals surface area (Å²) in [7, 11) is 0. The lowest BCUT2D eigenvalue weighted by Crippen LogP contribution is -2.00. The third kappa shape index (κ3) is 12.2. The minimum Gasteiger partial charge on any atom is -0.237 e. The highest BCUT2D eigenvalue weighted by atomic mass is 16.2. The first kappa shape index (κ1) is 17.0. The van der Waals surface area contributed by atoms with Crippen LogP contribution in [0.4, 0.5) is 0 Å². The first-order chi connectivity index (χ1) is 8.06. The van der Waals surface area contributed by atoms with Gasteiger partial charge in [0.1, 0.15) is 0 Å². The van der Waals surface area contributed by atoms with E-state index in [1.54, 1.807) is 0 Å². The molecular weight excluding hydrogens is 208 g/mol. The van der Waals surface area contributed by atoms with Crippen molar-refractivity contribution in [3.63, 3.8) is 0 Å². The van der Waals surface area contributed by atoms with E-state index in [1.807, 2.05) is 0 Å². The minimum atomic E-state index is 0.107. The van der Waals surface area contributed by atoms with Crippen LogP contribution in [0.15, 0.2) is 0 Å². The average Bonchev–Trinajstić information content (AvgIpc) is 2.25. The Labute approximate surface area is 109 Å². The van der Waals surface area contributed by atoms with Crippen LogP contribution in [0.1, 0.15) is 79.1 Å². The molecule has 0 aromatic carbocycles. The van der Waals surface area contributed by atoms with Crippen molar-refractivity contribution in [2.24, 2.45) is 17.8 Å². The van der Waals surface area contributed by atoms with Gasteiger partial charge in [-0.25, -0.2) is 5.11 Å². The van der Waals surface area contributed by atoms with Crippen LogP contribution in [0, 0.1) is 17.8 Å². The van der Waals surface area contributed by atoms with Gasteiger partial charge in [0, 0.05) is 0 Å². The summed E-state index contributed by atoms with van der Waals surface area (Å²) >= 11 is 0. The molecule has 0 aliphatic rings. The first-order valence-corrected chi connectivity index (χ1v) is 7.64. The highest BCUT2D eigenvalue weighted by molar-refractivity contribution is 4.59. The van der Waals surface area contributed by atoms with E-state index in [9.17, 15) is 5.11 Å². The standard InChI is InChI=1S/C16H33O/c1-14(2)8-5-9-15(3)10-6-11-16(4)12-7-13-17/h14-16H,5-13H2,1-4H3. The van der Waals surface area contributed by atoms with Gasteiger partial charge in [0.05, 0.1) is 6.61 Å². The molecule has 0 fully saturated rings. The van der Waals surface area contributed by atoms with Crippen molar-refractivity contribution in [3.05, 3.63) is 0 Å². The summed E-state index contributed by atoms with van der Waals surface area (Å²) in [6.45, 7) is 9.41. The molecule has 17 heavy (non-hydrogen) atoms. The van der Waals surface area contributed by atoms with Crippen molar-refractivity contribution in [2.45, 2.75) is 79.1 Å². The molecule has 1 radical (unpaired) electrons. The zero-order valence-corrected chi connectivity index (χ0v) is 12.5. The lowest BCUT2D eigenvalue weighted by molar-refractivity contribution is 0.180. The Morgan fingerprint density at radius 2 is 1.06 bits per heavy atom. The molecule has 103 valence electrons. The van der Waals surface area contributed by atoms with Gasteiger partial charge in [-0.3, -0.25) is 0 Å². The monoisotopic (exact) mass is 241 g/mol. The summed E-state index contributed by atoms with van der Waals surface area (Å²) in [5.74, 6) is 2.50. The van der Waals surface area contributed by atoms with Crippen molar-refractivity contribution >= 4 is 0 Å². The van der Waals surface area contributed by atoms with Crippen molar-refractivity contribution in [2.75, 3.05) is 6.61 Å². The molecule has 0 bridgehead atoms. The van der Waals surface area contributed by atoms with Crippen LogP contribution >= 0.6 is 0 Å². The molecule has 1 nitrogen and oxygen atoms in total. The van der Waals surface area contributed by atoms with Crippen LogP contribution in [0.25, 0.3) is 0 Å². The Bertz CT molecular complexity index is 154. The van der Waals surface area contributed by atoms with Crippen molar-refractivity contribution in [3.8, 4) is 0 Å². The van der Waals surface area contributed by atoms with Crippen LogP contribution in [0.5, 0.6) is 0 Å². The Kier molecular flexibility index (Phi) is 11.0. The zero-order valence-electron chi connectivity index (χ0n) is 12.5. The molecule has 0 saturated carbocycles. The van der Waals surface area contributed by atoms with Crippen LogP contribution in [0.3, 0.4) is 0 Å². The molecule has 2 unspecified atom stereocenters. The molecule has 0 rings (SSSR count). The second-order valence-electron chi connectivity index (χ2n) is 6.31. The number of hydrogen-bond donors (Lipinski definition) is 0. The van der Waals surface area contributed by atoms with E-state index in [2.05, 4.69) is 27.7 Å². The maximum atomic E-state index is 10.4. The Morgan fingerprint density at radius 1 is 0.647 bits per heavy atom. The van der Waals surface area contributed by atoms with Gasteiger partial charge >= 0.3 is 0 Å². The fourth-order valence-corrected chi connectivity index (χ4v) is 2.41. The molecule has 0 aliphatic carbocycles. The summed E-state index contributed by atoms with van der Waals surface area (Å²) < 4.78 is 0. The predicted octanol–water partition coefficient (Wildman–Crippen LogP) is 5.47. The van der Waals surface area contributed by atoms with Gasteiger partial charge in [0.2, 0.25) is 0 Å². The van der Waals surface area contributed by atoms with Gasteiger partial charge in [-0.2, -0.15) is 0 Å². The highest BCUT2D eigenvalue weighted by Gasteiger charge is 2.06. The lowest BCUT2D eigenvalue weighted by atomic mass is 9.92. The molecule has 0 aliphatic heterocycles. The van der Waals surface area contributed by atoms with Gasteiger partial charge in [-0.05, 0) is 30.6 Å². The van der Waals surface area contributed by atoms with E-state index in [4.69, 9.17) is 0 Å². The van der Waals surface area contributed by atoms with Gasteiger partial charge in [0.15, 0.2) is 0 Å².